The highest BCUT2D eigenvalue weighted by molar-refractivity contribution is 5.75. The van der Waals surface area contributed by atoms with Gasteiger partial charge in [-0.2, -0.15) is 5.06 Å². The standard InChI is InChI=1S/C21H35NO3/c1-4-5-6-7-8-9-10-11-12-13-14-15-16-17-18-19-21(24)25-22(3)20(2)23/h5-6,8-9,11-12H,4,7,10,13-19H2,1-3H3/b6-5-,9-8-,12-11-. The molecular formula is C21H35NO3. The number of carbonyl (C=O) groups is 2. The molecule has 142 valence electrons. The van der Waals surface area contributed by atoms with E-state index in [1.165, 1.54) is 26.8 Å². The van der Waals surface area contributed by atoms with Crippen molar-refractivity contribution in [3.05, 3.63) is 36.5 Å². The molecule has 0 aliphatic rings. The van der Waals surface area contributed by atoms with Crippen LogP contribution >= 0.6 is 0 Å². The van der Waals surface area contributed by atoms with Gasteiger partial charge in [0, 0.05) is 20.4 Å². The zero-order valence-corrected chi connectivity index (χ0v) is 16.2. The smallest absolute Gasteiger partial charge is 0.332 e. The second-order valence-corrected chi connectivity index (χ2v) is 6.08. The third-order valence-electron chi connectivity index (χ3n) is 3.71. The lowest BCUT2D eigenvalue weighted by atomic mass is 10.1. The molecule has 25 heavy (non-hydrogen) atoms. The van der Waals surface area contributed by atoms with Crippen molar-refractivity contribution in [3.8, 4) is 0 Å². The number of rotatable bonds is 13. The normalized spacial score (nSPS) is 11.6. The van der Waals surface area contributed by atoms with Crippen LogP contribution in [0, 0.1) is 0 Å². The summed E-state index contributed by atoms with van der Waals surface area (Å²) in [5, 5.41) is 0.978. The minimum Gasteiger partial charge on any atom is -0.338 e. The number of nitrogens with zero attached hydrogens (tertiary/aromatic N) is 1. The number of hydroxylamine groups is 2. The molecule has 0 rings (SSSR count). The topological polar surface area (TPSA) is 46.6 Å². The zero-order chi connectivity index (χ0) is 18.8. The van der Waals surface area contributed by atoms with E-state index in [1.54, 1.807) is 0 Å². The average Bonchev–Trinajstić information content (AvgIpc) is 2.58. The van der Waals surface area contributed by atoms with Crippen LogP contribution in [-0.4, -0.2) is 24.0 Å². The summed E-state index contributed by atoms with van der Waals surface area (Å²) in [6.45, 7) is 3.51. The van der Waals surface area contributed by atoms with Crippen LogP contribution in [0.2, 0.25) is 0 Å². The first kappa shape index (κ1) is 23.2. The van der Waals surface area contributed by atoms with Crippen molar-refractivity contribution in [2.45, 2.75) is 78.1 Å². The molecule has 0 aromatic carbocycles. The summed E-state index contributed by atoms with van der Waals surface area (Å²) in [5.74, 6) is -0.607. The molecule has 0 spiro atoms. The number of hydrogen-bond acceptors (Lipinski definition) is 3. The first-order valence-corrected chi connectivity index (χ1v) is 9.48. The van der Waals surface area contributed by atoms with Crippen molar-refractivity contribution >= 4 is 11.9 Å². The van der Waals surface area contributed by atoms with Gasteiger partial charge in [-0.25, -0.2) is 4.79 Å². The van der Waals surface area contributed by atoms with Crippen LogP contribution < -0.4 is 0 Å². The van der Waals surface area contributed by atoms with Gasteiger partial charge in [-0.1, -0.05) is 62.6 Å². The van der Waals surface area contributed by atoms with Gasteiger partial charge in [0.1, 0.15) is 0 Å². The fourth-order valence-corrected chi connectivity index (χ4v) is 2.15. The van der Waals surface area contributed by atoms with E-state index in [0.29, 0.717) is 6.42 Å². The molecule has 1 amide bonds. The van der Waals surface area contributed by atoms with Crippen LogP contribution in [-0.2, 0) is 14.4 Å². The van der Waals surface area contributed by atoms with Crippen molar-refractivity contribution in [1.29, 1.82) is 0 Å². The molecular weight excluding hydrogens is 314 g/mol. The van der Waals surface area contributed by atoms with Crippen LogP contribution in [0.15, 0.2) is 36.5 Å². The van der Waals surface area contributed by atoms with Gasteiger partial charge in [-0.05, 0) is 38.5 Å². The Bertz CT molecular complexity index is 438. The fourth-order valence-electron chi connectivity index (χ4n) is 2.15. The van der Waals surface area contributed by atoms with E-state index in [9.17, 15) is 9.59 Å². The summed E-state index contributed by atoms with van der Waals surface area (Å²) >= 11 is 0. The van der Waals surface area contributed by atoms with E-state index < -0.39 is 0 Å². The monoisotopic (exact) mass is 349 g/mol. The Labute approximate surface area is 153 Å². The minimum atomic E-state index is -0.334. The highest BCUT2D eigenvalue weighted by Crippen LogP contribution is 2.08. The summed E-state index contributed by atoms with van der Waals surface area (Å²) < 4.78 is 0. The number of hydrogen-bond donors (Lipinski definition) is 0. The second-order valence-electron chi connectivity index (χ2n) is 6.08. The second kappa shape index (κ2) is 17.0. The lowest BCUT2D eigenvalue weighted by Crippen LogP contribution is -2.27. The first-order valence-electron chi connectivity index (χ1n) is 9.48. The van der Waals surface area contributed by atoms with Gasteiger partial charge in [-0.15, -0.1) is 0 Å². The summed E-state index contributed by atoms with van der Waals surface area (Å²) in [5.41, 5.74) is 0. The maximum Gasteiger partial charge on any atom is 0.332 e. The van der Waals surface area contributed by atoms with Crippen LogP contribution in [0.1, 0.15) is 78.1 Å². The molecule has 0 aromatic heterocycles. The largest absolute Gasteiger partial charge is 0.338 e. The third kappa shape index (κ3) is 16.8. The molecule has 0 unspecified atom stereocenters. The molecule has 4 nitrogen and oxygen atoms in total. The molecule has 4 heteroatoms. The zero-order valence-electron chi connectivity index (χ0n) is 16.2. The van der Waals surface area contributed by atoms with Gasteiger partial charge < -0.3 is 4.84 Å². The average molecular weight is 350 g/mol. The summed E-state index contributed by atoms with van der Waals surface area (Å²) in [4.78, 5) is 27.2. The Kier molecular flexibility index (Phi) is 15.7. The van der Waals surface area contributed by atoms with E-state index >= 15 is 0 Å². The summed E-state index contributed by atoms with van der Waals surface area (Å²) in [7, 11) is 1.45. The van der Waals surface area contributed by atoms with Crippen LogP contribution in [0.3, 0.4) is 0 Å². The predicted molar refractivity (Wildman–Crippen MR) is 104 cm³/mol. The van der Waals surface area contributed by atoms with Crippen molar-refractivity contribution in [1.82, 2.24) is 5.06 Å². The minimum absolute atomic E-state index is 0.273. The number of carbonyl (C=O) groups excluding carboxylic acids is 2. The Morgan fingerprint density at radius 1 is 0.840 bits per heavy atom. The molecule has 0 saturated heterocycles. The van der Waals surface area contributed by atoms with Gasteiger partial charge in [0.25, 0.3) is 5.91 Å². The van der Waals surface area contributed by atoms with Gasteiger partial charge in [0.2, 0.25) is 0 Å². The van der Waals surface area contributed by atoms with Crippen LogP contribution in [0.25, 0.3) is 0 Å². The lowest BCUT2D eigenvalue weighted by Gasteiger charge is -2.13. The van der Waals surface area contributed by atoms with Crippen molar-refractivity contribution in [2.75, 3.05) is 7.05 Å². The molecule has 0 atom stereocenters. The summed E-state index contributed by atoms with van der Waals surface area (Å²) in [6.07, 6.45) is 23.3. The molecule has 0 aliphatic heterocycles. The Hall–Kier alpha value is -1.84. The molecule has 0 fully saturated rings. The maximum atomic E-state index is 11.5. The Morgan fingerprint density at radius 2 is 1.40 bits per heavy atom. The van der Waals surface area contributed by atoms with Gasteiger partial charge in [-0.3, -0.25) is 4.79 Å². The van der Waals surface area contributed by atoms with Crippen molar-refractivity contribution < 1.29 is 14.4 Å². The fraction of sp³-hybridized carbons (Fsp3) is 0.619. The molecule has 0 bridgehead atoms. The number of unbranched alkanes of at least 4 members (excludes halogenated alkanes) is 5. The van der Waals surface area contributed by atoms with Gasteiger partial charge in [0.05, 0.1) is 0 Å². The lowest BCUT2D eigenvalue weighted by molar-refractivity contribution is -0.191. The van der Waals surface area contributed by atoms with Crippen LogP contribution in [0.4, 0.5) is 0 Å². The van der Waals surface area contributed by atoms with E-state index in [4.69, 9.17) is 4.84 Å². The van der Waals surface area contributed by atoms with Gasteiger partial charge >= 0.3 is 5.97 Å². The highest BCUT2D eigenvalue weighted by atomic mass is 16.7. The van der Waals surface area contributed by atoms with E-state index in [2.05, 4.69) is 43.4 Å². The number of amides is 1. The quantitative estimate of drug-likeness (QED) is 0.250. The van der Waals surface area contributed by atoms with E-state index in [0.717, 1.165) is 50.0 Å². The highest BCUT2D eigenvalue weighted by Gasteiger charge is 2.09. The Morgan fingerprint density at radius 3 is 2.04 bits per heavy atom. The number of allylic oxidation sites excluding steroid dienone is 6. The molecule has 0 heterocycles. The van der Waals surface area contributed by atoms with Crippen LogP contribution in [0.5, 0.6) is 0 Å². The predicted octanol–water partition coefficient (Wildman–Crippen LogP) is 5.51. The van der Waals surface area contributed by atoms with Gasteiger partial charge in [0.15, 0.2) is 0 Å². The maximum absolute atomic E-state index is 11.5. The SMILES string of the molecule is CC/C=C\C/C=C\C/C=C\CCCCCCCC(=O)ON(C)C(C)=O. The summed E-state index contributed by atoms with van der Waals surface area (Å²) in [6, 6.07) is 0. The molecule has 0 aliphatic carbocycles. The molecule has 0 N–H and O–H groups in total. The Balaban J connectivity index is 3.41. The molecule has 0 saturated carbocycles. The van der Waals surface area contributed by atoms with Crippen molar-refractivity contribution in [2.24, 2.45) is 0 Å². The van der Waals surface area contributed by atoms with E-state index in [-0.39, 0.29) is 11.9 Å². The van der Waals surface area contributed by atoms with E-state index in [1.807, 2.05) is 0 Å². The third-order valence-corrected chi connectivity index (χ3v) is 3.71. The van der Waals surface area contributed by atoms with Crippen molar-refractivity contribution in [3.63, 3.8) is 0 Å². The molecule has 0 radical (unpaired) electrons. The molecule has 0 aromatic rings. The first-order chi connectivity index (χ1) is 12.1.